The molecule has 5 heterocycles. The maximum Gasteiger partial charge on any atom is 0.272 e. The third-order valence-corrected chi connectivity index (χ3v) is 6.78. The van der Waals surface area contributed by atoms with E-state index in [1.807, 2.05) is 13.1 Å². The number of halogens is 2. The fourth-order valence-electron chi connectivity index (χ4n) is 4.49. The summed E-state index contributed by atoms with van der Waals surface area (Å²) >= 11 is 0. The average molecular weight is 539 g/mol. The van der Waals surface area contributed by atoms with Gasteiger partial charge in [-0.05, 0) is 32.3 Å². The van der Waals surface area contributed by atoms with E-state index in [0.29, 0.717) is 58.8 Å². The number of anilines is 2. The van der Waals surface area contributed by atoms with Crippen LogP contribution in [0.4, 0.5) is 20.4 Å². The molecule has 4 aromatic rings. The van der Waals surface area contributed by atoms with Crippen LogP contribution in [0.2, 0.25) is 0 Å². The van der Waals surface area contributed by atoms with E-state index in [-0.39, 0.29) is 18.0 Å². The number of aryl methyl sites for hydroxylation is 1. The van der Waals surface area contributed by atoms with Gasteiger partial charge in [-0.15, -0.1) is 5.10 Å². The van der Waals surface area contributed by atoms with Crippen LogP contribution >= 0.6 is 0 Å². The number of hydrogen-bond acceptors (Lipinski definition) is 9. The maximum atomic E-state index is 13.0. The summed E-state index contributed by atoms with van der Waals surface area (Å²) in [6.45, 7) is 1.55. The molecule has 0 aromatic carbocycles. The molecule has 4 bridgehead atoms. The fraction of sp³-hybridized carbons (Fsp3) is 0.423. The first-order valence-electron chi connectivity index (χ1n) is 12.9. The molecule has 11 nitrogen and oxygen atoms in total. The van der Waals surface area contributed by atoms with Gasteiger partial charge in [-0.2, -0.15) is 5.10 Å². The Balaban J connectivity index is 1.39. The molecule has 0 radical (unpaired) electrons. The lowest BCUT2D eigenvalue weighted by molar-refractivity contribution is 0.0790. The molecule has 0 amide bonds. The number of ether oxygens (including phenoxy) is 3. The Hall–Kier alpha value is -4.29. The zero-order valence-electron chi connectivity index (χ0n) is 21.5. The minimum absolute atomic E-state index is 0.129. The van der Waals surface area contributed by atoms with Crippen LogP contribution in [0.15, 0.2) is 36.9 Å². The van der Waals surface area contributed by atoms with Crippen molar-refractivity contribution in [1.29, 1.82) is 0 Å². The molecule has 4 aromatic heterocycles. The Bertz CT molecular complexity index is 1470. The van der Waals surface area contributed by atoms with Gasteiger partial charge in [0.2, 0.25) is 11.8 Å². The molecule has 13 heteroatoms. The van der Waals surface area contributed by atoms with Crippen LogP contribution in [0.25, 0.3) is 22.5 Å². The molecule has 204 valence electrons. The van der Waals surface area contributed by atoms with E-state index in [1.165, 1.54) is 0 Å². The quantitative estimate of drug-likeness (QED) is 0.383. The Morgan fingerprint density at radius 2 is 2.00 bits per heavy atom. The summed E-state index contributed by atoms with van der Waals surface area (Å²) in [5.74, 6) is 2.66. The maximum absolute atomic E-state index is 13.0. The van der Waals surface area contributed by atoms with Gasteiger partial charge in [0.25, 0.3) is 6.43 Å². The van der Waals surface area contributed by atoms with Crippen LogP contribution in [0, 0.1) is 0 Å². The van der Waals surface area contributed by atoms with Gasteiger partial charge in [0.05, 0.1) is 30.5 Å². The van der Waals surface area contributed by atoms with Crippen molar-refractivity contribution in [2.24, 2.45) is 7.05 Å². The van der Waals surface area contributed by atoms with Crippen LogP contribution in [0.3, 0.4) is 0 Å². The number of aromatic nitrogens is 7. The van der Waals surface area contributed by atoms with Crippen LogP contribution in [-0.4, -0.2) is 60.3 Å². The Kier molecular flexibility index (Phi) is 6.71. The lowest BCUT2D eigenvalue weighted by atomic mass is 9.93. The van der Waals surface area contributed by atoms with Crippen molar-refractivity contribution in [2.45, 2.75) is 51.2 Å². The summed E-state index contributed by atoms with van der Waals surface area (Å²) in [5.41, 5.74) is 1.81. The zero-order chi connectivity index (χ0) is 26.9. The van der Waals surface area contributed by atoms with Crippen molar-refractivity contribution in [3.8, 4) is 40.0 Å². The molecule has 1 N–H and O–H groups in total. The summed E-state index contributed by atoms with van der Waals surface area (Å²) < 4.78 is 47.4. The predicted octanol–water partition coefficient (Wildman–Crippen LogP) is 4.80. The summed E-state index contributed by atoms with van der Waals surface area (Å²) in [5, 5.41) is 12.0. The van der Waals surface area contributed by atoms with Gasteiger partial charge in [0, 0.05) is 43.7 Å². The van der Waals surface area contributed by atoms with Crippen molar-refractivity contribution >= 4 is 11.6 Å². The number of fused-ring (bicyclic) bond motifs is 6. The highest BCUT2D eigenvalue weighted by molar-refractivity contribution is 5.75. The molecular weight excluding hydrogens is 510 g/mol. The van der Waals surface area contributed by atoms with Gasteiger partial charge >= 0.3 is 0 Å². The molecule has 0 saturated heterocycles. The van der Waals surface area contributed by atoms with Gasteiger partial charge in [0.15, 0.2) is 12.4 Å². The second-order valence-electron chi connectivity index (χ2n) is 9.62. The number of rotatable bonds is 5. The van der Waals surface area contributed by atoms with Gasteiger partial charge < -0.3 is 19.5 Å². The average Bonchev–Trinajstić information content (AvgIpc) is 3.45. The van der Waals surface area contributed by atoms with Crippen molar-refractivity contribution in [3.63, 3.8) is 0 Å². The predicted molar refractivity (Wildman–Crippen MR) is 138 cm³/mol. The first-order valence-corrected chi connectivity index (χ1v) is 12.9. The second-order valence-corrected chi connectivity index (χ2v) is 9.62. The van der Waals surface area contributed by atoms with E-state index >= 15 is 0 Å². The minimum atomic E-state index is -2.62. The fourth-order valence-corrected chi connectivity index (χ4v) is 4.49. The number of alkyl halides is 2. The molecule has 1 fully saturated rings. The summed E-state index contributed by atoms with van der Waals surface area (Å²) in [7, 11) is 1.79. The third-order valence-electron chi connectivity index (χ3n) is 6.78. The molecule has 2 aliphatic rings. The largest absolute Gasteiger partial charge is 0.490 e. The van der Waals surface area contributed by atoms with E-state index in [2.05, 4.69) is 30.5 Å². The molecule has 0 unspecified atom stereocenters. The summed E-state index contributed by atoms with van der Waals surface area (Å²) in [6.07, 6.45) is 7.53. The topological polar surface area (TPSA) is 114 Å². The number of nitrogens with one attached hydrogen (secondary N) is 1. The van der Waals surface area contributed by atoms with Gasteiger partial charge in [-0.3, -0.25) is 4.68 Å². The van der Waals surface area contributed by atoms with Crippen molar-refractivity contribution in [1.82, 2.24) is 34.5 Å². The Morgan fingerprint density at radius 3 is 2.79 bits per heavy atom. The normalized spacial score (nSPS) is 17.3. The van der Waals surface area contributed by atoms with Gasteiger partial charge in [0.1, 0.15) is 22.9 Å². The lowest BCUT2D eigenvalue weighted by Crippen LogP contribution is -2.17. The van der Waals surface area contributed by atoms with E-state index in [1.54, 1.807) is 47.1 Å². The molecule has 1 aliphatic heterocycles. The molecule has 1 aliphatic carbocycles. The number of hydrogen-bond donors (Lipinski definition) is 1. The molecule has 1 atom stereocenters. The van der Waals surface area contributed by atoms with Gasteiger partial charge in [-0.1, -0.05) is 0 Å². The Morgan fingerprint density at radius 1 is 1.13 bits per heavy atom. The van der Waals surface area contributed by atoms with Crippen molar-refractivity contribution in [2.75, 3.05) is 18.5 Å². The molecule has 0 spiro atoms. The SMILES string of the molecule is C[C@H]1CCOc2c(cnn2C)-c2nccc(n2)Nc2cc(c(-c3cn(C4CCC4)nc3OCC(F)F)cn2)O1. The smallest absolute Gasteiger partial charge is 0.272 e. The molecule has 1 saturated carbocycles. The highest BCUT2D eigenvalue weighted by Crippen LogP contribution is 2.41. The summed E-state index contributed by atoms with van der Waals surface area (Å²) in [6, 6.07) is 3.70. The number of pyridine rings is 1. The van der Waals surface area contributed by atoms with E-state index in [0.717, 1.165) is 19.3 Å². The van der Waals surface area contributed by atoms with Crippen LogP contribution < -0.4 is 19.5 Å². The molecule has 6 rings (SSSR count). The van der Waals surface area contributed by atoms with E-state index in [9.17, 15) is 8.78 Å². The van der Waals surface area contributed by atoms with Crippen LogP contribution in [0.1, 0.15) is 38.6 Å². The van der Waals surface area contributed by atoms with Gasteiger partial charge in [-0.25, -0.2) is 28.4 Å². The third kappa shape index (κ3) is 5.20. The first-order chi connectivity index (χ1) is 18.9. The summed E-state index contributed by atoms with van der Waals surface area (Å²) in [4.78, 5) is 13.6. The van der Waals surface area contributed by atoms with Crippen molar-refractivity contribution in [3.05, 3.63) is 36.9 Å². The molecule has 39 heavy (non-hydrogen) atoms. The van der Waals surface area contributed by atoms with Crippen LogP contribution in [-0.2, 0) is 7.05 Å². The standard InChI is InChI=1S/C26H28F2N8O3/c1-15-7-9-37-26-18(12-31-35(26)2)24-29-8-6-22(33-24)32-23-10-20(39-15)17(11-30-23)19-13-36(16-4-3-5-16)34-25(19)38-14-21(27)28/h6,8,10-13,15-16,21H,3-5,7,9,14H2,1-2H3,(H,29,30,32,33)/t15-/m0/s1. The van der Waals surface area contributed by atoms with E-state index < -0.39 is 13.0 Å². The molecular formula is C26H28F2N8O3. The second kappa shape index (κ2) is 10.5. The highest BCUT2D eigenvalue weighted by atomic mass is 19.3. The monoisotopic (exact) mass is 538 g/mol. The minimum Gasteiger partial charge on any atom is -0.490 e. The van der Waals surface area contributed by atoms with Crippen molar-refractivity contribution < 1.29 is 23.0 Å². The van der Waals surface area contributed by atoms with Crippen LogP contribution in [0.5, 0.6) is 17.5 Å². The highest BCUT2D eigenvalue weighted by Gasteiger charge is 2.26. The van der Waals surface area contributed by atoms with E-state index in [4.69, 9.17) is 14.2 Å². The zero-order valence-corrected chi connectivity index (χ0v) is 21.5. The first kappa shape index (κ1) is 25.0. The lowest BCUT2D eigenvalue weighted by Gasteiger charge is -2.25. The number of nitrogens with zero attached hydrogens (tertiary/aromatic N) is 7. The Labute approximate surface area is 223 Å².